The van der Waals surface area contributed by atoms with Gasteiger partial charge in [-0.25, -0.2) is 0 Å². The van der Waals surface area contributed by atoms with E-state index in [2.05, 4.69) is 4.98 Å². The van der Waals surface area contributed by atoms with Gasteiger partial charge in [0.2, 0.25) is 0 Å². The van der Waals surface area contributed by atoms with Crippen LogP contribution in [0.5, 0.6) is 6.01 Å². The molecule has 0 bridgehead atoms. The van der Waals surface area contributed by atoms with E-state index in [0.29, 0.717) is 30.1 Å². The maximum Gasteiger partial charge on any atom is 0.299 e. The molecule has 1 aromatic heterocycles. The van der Waals surface area contributed by atoms with Crippen LogP contribution in [0, 0.1) is 0 Å². The largest absolute Gasteiger partial charge is 0.465 e. The molecule has 2 aromatic rings. The van der Waals surface area contributed by atoms with Gasteiger partial charge in [0.15, 0.2) is 0 Å². The monoisotopic (exact) mass is 218 g/mol. The average Bonchev–Trinajstić information content (AvgIpc) is 2.30. The van der Waals surface area contributed by atoms with E-state index in [1.165, 1.54) is 0 Å². The minimum Gasteiger partial charge on any atom is -0.465 e. The van der Waals surface area contributed by atoms with Crippen molar-refractivity contribution in [3.8, 4) is 6.01 Å². The fourth-order valence-corrected chi connectivity index (χ4v) is 1.67. The Kier molecular flexibility index (Phi) is 2.90. The van der Waals surface area contributed by atoms with E-state index in [-0.39, 0.29) is 5.56 Å². The Hall–Kier alpha value is -1.84. The van der Waals surface area contributed by atoms with Crippen LogP contribution in [-0.4, -0.2) is 16.2 Å². The van der Waals surface area contributed by atoms with Gasteiger partial charge in [0.1, 0.15) is 0 Å². The van der Waals surface area contributed by atoms with E-state index >= 15 is 0 Å². The number of aromatic nitrogens is 2. The van der Waals surface area contributed by atoms with E-state index in [1.807, 2.05) is 32.0 Å². The molecule has 2 rings (SSSR count). The Balaban J connectivity index is 2.76. The molecule has 0 aliphatic carbocycles. The van der Waals surface area contributed by atoms with E-state index in [4.69, 9.17) is 4.74 Å². The third kappa shape index (κ3) is 1.66. The molecule has 4 heteroatoms. The maximum absolute atomic E-state index is 12.1. The molecule has 0 atom stereocenters. The third-order valence-corrected chi connectivity index (χ3v) is 2.42. The Morgan fingerprint density at radius 2 is 2.06 bits per heavy atom. The second kappa shape index (κ2) is 4.35. The summed E-state index contributed by atoms with van der Waals surface area (Å²) in [5.41, 5.74) is 0.636. The predicted molar refractivity (Wildman–Crippen MR) is 62.8 cm³/mol. The molecular formula is C12H14N2O2. The molecule has 1 aromatic carbocycles. The third-order valence-electron chi connectivity index (χ3n) is 2.42. The molecule has 0 unspecified atom stereocenters. The first-order valence-electron chi connectivity index (χ1n) is 5.40. The van der Waals surface area contributed by atoms with Gasteiger partial charge in [-0.2, -0.15) is 4.98 Å². The van der Waals surface area contributed by atoms with Crippen LogP contribution in [0.2, 0.25) is 0 Å². The van der Waals surface area contributed by atoms with Gasteiger partial charge in [-0.15, -0.1) is 0 Å². The Labute approximate surface area is 93.5 Å². The van der Waals surface area contributed by atoms with Crippen molar-refractivity contribution in [1.82, 2.24) is 9.55 Å². The molecule has 0 saturated carbocycles. The number of hydrogen-bond acceptors (Lipinski definition) is 3. The van der Waals surface area contributed by atoms with Crippen LogP contribution in [0.4, 0.5) is 0 Å². The smallest absolute Gasteiger partial charge is 0.299 e. The lowest BCUT2D eigenvalue weighted by molar-refractivity contribution is 0.292. The molecule has 0 spiro atoms. The normalized spacial score (nSPS) is 10.6. The molecule has 0 amide bonds. The quantitative estimate of drug-likeness (QED) is 0.789. The topological polar surface area (TPSA) is 44.1 Å². The van der Waals surface area contributed by atoms with Gasteiger partial charge in [0.05, 0.1) is 17.5 Å². The van der Waals surface area contributed by atoms with Crippen LogP contribution in [-0.2, 0) is 6.54 Å². The summed E-state index contributed by atoms with van der Waals surface area (Å²) in [6, 6.07) is 7.70. The molecule has 1 heterocycles. The van der Waals surface area contributed by atoms with Gasteiger partial charge in [0.25, 0.3) is 11.6 Å². The van der Waals surface area contributed by atoms with Crippen molar-refractivity contribution in [2.45, 2.75) is 20.4 Å². The molecule has 0 radical (unpaired) electrons. The van der Waals surface area contributed by atoms with E-state index < -0.39 is 0 Å². The number of ether oxygens (including phenoxy) is 1. The fourth-order valence-electron chi connectivity index (χ4n) is 1.67. The van der Waals surface area contributed by atoms with Crippen molar-refractivity contribution in [1.29, 1.82) is 0 Å². The summed E-state index contributed by atoms with van der Waals surface area (Å²) in [4.78, 5) is 16.4. The van der Waals surface area contributed by atoms with Crippen LogP contribution >= 0.6 is 0 Å². The summed E-state index contributed by atoms with van der Waals surface area (Å²) in [7, 11) is 0. The van der Waals surface area contributed by atoms with Crippen molar-refractivity contribution < 1.29 is 4.74 Å². The van der Waals surface area contributed by atoms with Gasteiger partial charge < -0.3 is 4.74 Å². The number of benzene rings is 1. The van der Waals surface area contributed by atoms with E-state index in [9.17, 15) is 4.79 Å². The van der Waals surface area contributed by atoms with Crippen molar-refractivity contribution in [2.75, 3.05) is 6.61 Å². The number of hydrogen-bond donors (Lipinski definition) is 0. The van der Waals surface area contributed by atoms with Crippen molar-refractivity contribution in [3.63, 3.8) is 0 Å². The van der Waals surface area contributed by atoms with Crippen molar-refractivity contribution in [2.24, 2.45) is 0 Å². The summed E-state index contributed by atoms with van der Waals surface area (Å²) >= 11 is 0. The summed E-state index contributed by atoms with van der Waals surface area (Å²) < 4.78 is 6.92. The van der Waals surface area contributed by atoms with Crippen LogP contribution in [0.3, 0.4) is 0 Å². The molecule has 16 heavy (non-hydrogen) atoms. The lowest BCUT2D eigenvalue weighted by Gasteiger charge is -2.10. The van der Waals surface area contributed by atoms with Crippen LogP contribution in [0.15, 0.2) is 29.1 Å². The molecule has 0 saturated heterocycles. The SMILES string of the molecule is CCOc1nc2ccccc2c(=O)n1CC. The highest BCUT2D eigenvalue weighted by molar-refractivity contribution is 5.77. The summed E-state index contributed by atoms with van der Waals surface area (Å²) in [5, 5.41) is 0.632. The number of para-hydroxylation sites is 1. The second-order valence-electron chi connectivity index (χ2n) is 3.39. The summed E-state index contributed by atoms with van der Waals surface area (Å²) in [6.07, 6.45) is 0. The van der Waals surface area contributed by atoms with Gasteiger partial charge >= 0.3 is 0 Å². The highest BCUT2D eigenvalue weighted by atomic mass is 16.5. The van der Waals surface area contributed by atoms with Gasteiger partial charge in [-0.1, -0.05) is 12.1 Å². The van der Waals surface area contributed by atoms with Crippen LogP contribution in [0.25, 0.3) is 10.9 Å². The summed E-state index contributed by atoms with van der Waals surface area (Å²) in [6.45, 7) is 4.85. The number of fused-ring (bicyclic) bond motifs is 1. The zero-order valence-electron chi connectivity index (χ0n) is 9.43. The van der Waals surface area contributed by atoms with Crippen LogP contribution in [0.1, 0.15) is 13.8 Å². The molecule has 4 nitrogen and oxygen atoms in total. The zero-order chi connectivity index (χ0) is 11.5. The summed E-state index contributed by atoms with van der Waals surface area (Å²) in [5.74, 6) is 0. The van der Waals surface area contributed by atoms with Crippen molar-refractivity contribution >= 4 is 10.9 Å². The first-order valence-corrected chi connectivity index (χ1v) is 5.40. The first-order chi connectivity index (χ1) is 7.77. The molecule has 0 fully saturated rings. The zero-order valence-corrected chi connectivity index (χ0v) is 9.43. The van der Waals surface area contributed by atoms with Gasteiger partial charge in [-0.3, -0.25) is 9.36 Å². The second-order valence-corrected chi connectivity index (χ2v) is 3.39. The fraction of sp³-hybridized carbons (Fsp3) is 0.333. The molecule has 84 valence electrons. The van der Waals surface area contributed by atoms with E-state index in [0.717, 1.165) is 0 Å². The van der Waals surface area contributed by atoms with E-state index in [1.54, 1.807) is 10.6 Å². The number of nitrogens with zero attached hydrogens (tertiary/aromatic N) is 2. The average molecular weight is 218 g/mol. The first kappa shape index (κ1) is 10.7. The molecule has 0 aliphatic heterocycles. The highest BCUT2D eigenvalue weighted by Crippen LogP contribution is 2.12. The standard InChI is InChI=1S/C12H14N2O2/c1-3-14-11(15)9-7-5-6-8-10(9)13-12(14)16-4-2/h5-8H,3-4H2,1-2H3. The molecule has 0 N–H and O–H groups in total. The maximum atomic E-state index is 12.1. The number of rotatable bonds is 3. The Bertz CT molecular complexity index is 560. The lowest BCUT2D eigenvalue weighted by atomic mass is 10.2. The Morgan fingerprint density at radius 1 is 1.31 bits per heavy atom. The molecular weight excluding hydrogens is 204 g/mol. The highest BCUT2D eigenvalue weighted by Gasteiger charge is 2.09. The van der Waals surface area contributed by atoms with Gasteiger partial charge in [0, 0.05) is 6.54 Å². The van der Waals surface area contributed by atoms with Crippen LogP contribution < -0.4 is 10.3 Å². The van der Waals surface area contributed by atoms with Gasteiger partial charge in [-0.05, 0) is 26.0 Å². The van der Waals surface area contributed by atoms with Crippen molar-refractivity contribution in [3.05, 3.63) is 34.6 Å². The predicted octanol–water partition coefficient (Wildman–Crippen LogP) is 1.82. The minimum absolute atomic E-state index is 0.0449. The molecule has 0 aliphatic rings. The lowest BCUT2D eigenvalue weighted by Crippen LogP contribution is -2.22. The minimum atomic E-state index is -0.0449. The Morgan fingerprint density at radius 3 is 2.75 bits per heavy atom.